The van der Waals surface area contributed by atoms with E-state index in [0.717, 1.165) is 0 Å². The maximum atomic E-state index is 6.21. The van der Waals surface area contributed by atoms with Gasteiger partial charge in [0, 0.05) is 19.8 Å². The Hall–Kier alpha value is -0.980. The third kappa shape index (κ3) is 2.40. The number of rotatable bonds is 4. The molecule has 2 N–H and O–H groups in total. The Kier molecular flexibility index (Phi) is 3.52. The highest BCUT2D eigenvalue weighted by atomic mass is 16.5. The van der Waals surface area contributed by atoms with Crippen LogP contribution in [0.15, 0.2) is 4.52 Å². The molecule has 2 heterocycles. The van der Waals surface area contributed by atoms with Crippen molar-refractivity contribution in [3.05, 3.63) is 11.7 Å². The van der Waals surface area contributed by atoms with E-state index in [4.69, 9.17) is 19.7 Å². The summed E-state index contributed by atoms with van der Waals surface area (Å²) in [7, 11) is 0. The number of hydrogen-bond donors (Lipinski definition) is 1. The van der Waals surface area contributed by atoms with Crippen molar-refractivity contribution in [2.24, 2.45) is 5.73 Å². The third-order valence-corrected chi connectivity index (χ3v) is 2.71. The molecule has 1 fully saturated rings. The van der Waals surface area contributed by atoms with Gasteiger partial charge in [0.25, 0.3) is 0 Å². The number of aromatic nitrogens is 2. The van der Waals surface area contributed by atoms with Crippen LogP contribution in [0.1, 0.15) is 31.5 Å². The molecule has 6 heteroatoms. The lowest BCUT2D eigenvalue weighted by Crippen LogP contribution is -2.42. The summed E-state index contributed by atoms with van der Waals surface area (Å²) in [6, 6.07) is 0. The molecule has 0 unspecified atom stereocenters. The molecule has 1 saturated heterocycles. The number of hydrogen-bond acceptors (Lipinski definition) is 6. The van der Waals surface area contributed by atoms with Crippen molar-refractivity contribution < 1.29 is 14.0 Å². The normalized spacial score (nSPS) is 19.9. The van der Waals surface area contributed by atoms with Crippen molar-refractivity contribution in [2.75, 3.05) is 19.8 Å². The molecule has 1 aromatic heterocycles. The molecular formula is C10H17N3O3. The SMILES string of the molecule is CCOCc1noc(C2(N)CCOCC2)n1. The standard InChI is InChI=1S/C10H17N3O3/c1-2-14-7-8-12-9(16-13-8)10(11)3-5-15-6-4-10/h2-7,11H2,1H3. The molecule has 16 heavy (non-hydrogen) atoms. The Morgan fingerprint density at radius 1 is 1.44 bits per heavy atom. The van der Waals surface area contributed by atoms with Crippen LogP contribution in [-0.2, 0) is 21.6 Å². The van der Waals surface area contributed by atoms with Crippen molar-refractivity contribution >= 4 is 0 Å². The predicted octanol–water partition coefficient (Wildman–Crippen LogP) is 0.570. The minimum absolute atomic E-state index is 0.368. The van der Waals surface area contributed by atoms with E-state index >= 15 is 0 Å². The predicted molar refractivity (Wildman–Crippen MR) is 55.5 cm³/mol. The fourth-order valence-electron chi connectivity index (χ4n) is 1.66. The molecular weight excluding hydrogens is 210 g/mol. The zero-order valence-electron chi connectivity index (χ0n) is 9.44. The fourth-order valence-corrected chi connectivity index (χ4v) is 1.66. The molecule has 0 aromatic carbocycles. The molecule has 0 atom stereocenters. The van der Waals surface area contributed by atoms with Gasteiger partial charge in [0.15, 0.2) is 5.82 Å². The van der Waals surface area contributed by atoms with Crippen molar-refractivity contribution in [3.63, 3.8) is 0 Å². The fraction of sp³-hybridized carbons (Fsp3) is 0.800. The van der Waals surface area contributed by atoms with Gasteiger partial charge in [0.05, 0.1) is 0 Å². The second kappa shape index (κ2) is 4.90. The van der Waals surface area contributed by atoms with E-state index in [1.165, 1.54) is 0 Å². The lowest BCUT2D eigenvalue weighted by atomic mass is 9.91. The van der Waals surface area contributed by atoms with Crippen molar-refractivity contribution in [3.8, 4) is 0 Å². The smallest absolute Gasteiger partial charge is 0.246 e. The average Bonchev–Trinajstić information content (AvgIpc) is 2.77. The zero-order valence-corrected chi connectivity index (χ0v) is 9.44. The van der Waals surface area contributed by atoms with Crippen LogP contribution >= 0.6 is 0 Å². The molecule has 0 bridgehead atoms. The van der Waals surface area contributed by atoms with Gasteiger partial charge in [0.1, 0.15) is 12.1 Å². The van der Waals surface area contributed by atoms with Crippen LogP contribution < -0.4 is 5.73 Å². The molecule has 0 aliphatic carbocycles. The highest BCUT2D eigenvalue weighted by Crippen LogP contribution is 2.27. The van der Waals surface area contributed by atoms with Gasteiger partial charge in [-0.1, -0.05) is 5.16 Å². The largest absolute Gasteiger partial charge is 0.381 e. The van der Waals surface area contributed by atoms with E-state index in [1.807, 2.05) is 6.92 Å². The molecule has 6 nitrogen and oxygen atoms in total. The molecule has 1 aliphatic heterocycles. The number of nitrogens with zero attached hydrogens (tertiary/aromatic N) is 2. The van der Waals surface area contributed by atoms with E-state index in [0.29, 0.717) is 51.0 Å². The summed E-state index contributed by atoms with van der Waals surface area (Å²) in [5.41, 5.74) is 5.67. The topological polar surface area (TPSA) is 83.4 Å². The monoisotopic (exact) mass is 227 g/mol. The van der Waals surface area contributed by atoms with Gasteiger partial charge in [-0.2, -0.15) is 4.98 Å². The second-order valence-electron chi connectivity index (χ2n) is 3.92. The van der Waals surface area contributed by atoms with Crippen molar-refractivity contribution in [1.29, 1.82) is 0 Å². The van der Waals surface area contributed by atoms with E-state index < -0.39 is 5.54 Å². The van der Waals surface area contributed by atoms with Crippen molar-refractivity contribution in [1.82, 2.24) is 10.1 Å². The lowest BCUT2D eigenvalue weighted by Gasteiger charge is -2.29. The summed E-state index contributed by atoms with van der Waals surface area (Å²) in [6.07, 6.45) is 1.42. The van der Waals surface area contributed by atoms with Crippen LogP contribution in [0.3, 0.4) is 0 Å². The molecule has 1 aliphatic rings. The molecule has 1 aromatic rings. The maximum Gasteiger partial charge on any atom is 0.246 e. The first kappa shape index (κ1) is 11.5. The van der Waals surface area contributed by atoms with Crippen LogP contribution in [0.2, 0.25) is 0 Å². The maximum absolute atomic E-state index is 6.21. The van der Waals surface area contributed by atoms with Crippen LogP contribution in [0.4, 0.5) is 0 Å². The van der Waals surface area contributed by atoms with E-state index in [-0.39, 0.29) is 0 Å². The molecule has 2 rings (SSSR count). The first-order valence-electron chi connectivity index (χ1n) is 5.52. The Morgan fingerprint density at radius 2 is 2.19 bits per heavy atom. The molecule has 0 amide bonds. The minimum atomic E-state index is -0.532. The Balaban J connectivity index is 2.05. The Morgan fingerprint density at radius 3 is 2.88 bits per heavy atom. The Labute approximate surface area is 94.1 Å². The average molecular weight is 227 g/mol. The summed E-state index contributed by atoms with van der Waals surface area (Å²) in [4.78, 5) is 4.26. The third-order valence-electron chi connectivity index (χ3n) is 2.71. The van der Waals surface area contributed by atoms with Gasteiger partial charge in [-0.25, -0.2) is 0 Å². The molecule has 0 saturated carbocycles. The minimum Gasteiger partial charge on any atom is -0.381 e. The van der Waals surface area contributed by atoms with Gasteiger partial charge in [-0.15, -0.1) is 0 Å². The van der Waals surface area contributed by atoms with Crippen LogP contribution in [0.5, 0.6) is 0 Å². The van der Waals surface area contributed by atoms with E-state index in [9.17, 15) is 0 Å². The Bertz CT molecular complexity index is 334. The summed E-state index contributed by atoms with van der Waals surface area (Å²) in [5, 5.41) is 3.84. The number of ether oxygens (including phenoxy) is 2. The van der Waals surface area contributed by atoms with Gasteiger partial charge in [-0.3, -0.25) is 0 Å². The van der Waals surface area contributed by atoms with Gasteiger partial charge in [0.2, 0.25) is 5.89 Å². The summed E-state index contributed by atoms with van der Waals surface area (Å²) in [5.74, 6) is 1.04. The highest BCUT2D eigenvalue weighted by molar-refractivity contribution is 5.03. The van der Waals surface area contributed by atoms with Crippen LogP contribution in [0.25, 0.3) is 0 Å². The zero-order chi connectivity index (χ0) is 11.4. The first-order chi connectivity index (χ1) is 7.74. The molecule has 0 spiro atoms. The van der Waals surface area contributed by atoms with Crippen LogP contribution in [0, 0.1) is 0 Å². The molecule has 90 valence electrons. The van der Waals surface area contributed by atoms with Crippen molar-refractivity contribution in [2.45, 2.75) is 31.9 Å². The summed E-state index contributed by atoms with van der Waals surface area (Å²) >= 11 is 0. The first-order valence-corrected chi connectivity index (χ1v) is 5.52. The van der Waals surface area contributed by atoms with Gasteiger partial charge in [-0.05, 0) is 19.8 Å². The summed E-state index contributed by atoms with van der Waals surface area (Å²) < 4.78 is 15.6. The van der Waals surface area contributed by atoms with E-state index in [1.54, 1.807) is 0 Å². The van der Waals surface area contributed by atoms with Gasteiger partial charge >= 0.3 is 0 Å². The lowest BCUT2D eigenvalue weighted by molar-refractivity contribution is 0.0400. The quantitative estimate of drug-likeness (QED) is 0.809. The van der Waals surface area contributed by atoms with Crippen LogP contribution in [-0.4, -0.2) is 30.0 Å². The summed E-state index contributed by atoms with van der Waals surface area (Å²) in [6.45, 7) is 4.20. The van der Waals surface area contributed by atoms with E-state index in [2.05, 4.69) is 10.1 Å². The molecule has 0 radical (unpaired) electrons. The van der Waals surface area contributed by atoms with Gasteiger partial charge < -0.3 is 19.7 Å². The highest BCUT2D eigenvalue weighted by Gasteiger charge is 2.35. The second-order valence-corrected chi connectivity index (χ2v) is 3.92. The number of nitrogens with two attached hydrogens (primary N) is 1.